The van der Waals surface area contributed by atoms with E-state index in [2.05, 4.69) is 0 Å². The second kappa shape index (κ2) is 7.21. The minimum absolute atomic E-state index is 0.0627. The third kappa shape index (κ3) is 3.30. The van der Waals surface area contributed by atoms with Crippen LogP contribution < -0.4 is 5.73 Å². The summed E-state index contributed by atoms with van der Waals surface area (Å²) in [5.74, 6) is -1.03. The summed E-state index contributed by atoms with van der Waals surface area (Å²) in [5.41, 5.74) is 4.73. The zero-order valence-corrected chi connectivity index (χ0v) is 11.1. The second-order valence-electron chi connectivity index (χ2n) is 4.31. The third-order valence-corrected chi connectivity index (χ3v) is 3.17. The van der Waals surface area contributed by atoms with Gasteiger partial charge in [-0.25, -0.2) is 4.39 Å². The Morgan fingerprint density at radius 2 is 2.16 bits per heavy atom. The van der Waals surface area contributed by atoms with Crippen LogP contribution in [-0.2, 0) is 14.9 Å². The SMILES string of the molecule is CCOC(=O)C(CN)(CCCO)c1ccccc1F. The summed E-state index contributed by atoms with van der Waals surface area (Å²) >= 11 is 0. The van der Waals surface area contributed by atoms with Crippen LogP contribution in [0.1, 0.15) is 25.3 Å². The van der Waals surface area contributed by atoms with E-state index in [9.17, 15) is 9.18 Å². The second-order valence-corrected chi connectivity index (χ2v) is 4.31. The number of hydrogen-bond donors (Lipinski definition) is 2. The maximum Gasteiger partial charge on any atom is 0.317 e. The van der Waals surface area contributed by atoms with Crippen LogP contribution in [-0.4, -0.2) is 30.8 Å². The Morgan fingerprint density at radius 1 is 1.47 bits per heavy atom. The highest BCUT2D eigenvalue weighted by atomic mass is 19.1. The maximum absolute atomic E-state index is 14.0. The van der Waals surface area contributed by atoms with E-state index in [4.69, 9.17) is 15.6 Å². The van der Waals surface area contributed by atoms with E-state index >= 15 is 0 Å². The highest BCUT2D eigenvalue weighted by Crippen LogP contribution is 2.32. The van der Waals surface area contributed by atoms with Gasteiger partial charge in [0.15, 0.2) is 0 Å². The quantitative estimate of drug-likeness (QED) is 0.733. The van der Waals surface area contributed by atoms with Crippen LogP contribution in [0.3, 0.4) is 0 Å². The minimum atomic E-state index is -1.23. The number of aliphatic hydroxyl groups excluding tert-OH is 1. The predicted octanol–water partition coefficient (Wildman–Crippen LogP) is 1.36. The molecular weight excluding hydrogens is 249 g/mol. The molecule has 3 N–H and O–H groups in total. The molecule has 1 atom stereocenters. The standard InChI is InChI=1S/C14H20FNO3/c1-2-19-13(18)14(10-16,8-5-9-17)11-6-3-4-7-12(11)15/h3-4,6-7,17H,2,5,8-10,16H2,1H3. The average molecular weight is 269 g/mol. The number of carbonyl (C=O) groups is 1. The van der Waals surface area contributed by atoms with Gasteiger partial charge in [-0.1, -0.05) is 18.2 Å². The molecule has 1 unspecified atom stereocenters. The molecule has 0 spiro atoms. The lowest BCUT2D eigenvalue weighted by Crippen LogP contribution is -2.45. The molecule has 0 aliphatic rings. The number of aliphatic hydroxyl groups is 1. The molecule has 1 aromatic carbocycles. The van der Waals surface area contributed by atoms with Gasteiger partial charge in [0.05, 0.1) is 6.61 Å². The smallest absolute Gasteiger partial charge is 0.317 e. The number of rotatable bonds is 7. The maximum atomic E-state index is 14.0. The minimum Gasteiger partial charge on any atom is -0.465 e. The molecule has 1 aromatic rings. The fourth-order valence-electron chi connectivity index (χ4n) is 2.14. The molecule has 106 valence electrons. The number of benzene rings is 1. The first-order valence-electron chi connectivity index (χ1n) is 6.35. The van der Waals surface area contributed by atoms with Crippen molar-refractivity contribution >= 4 is 5.97 Å². The number of halogens is 1. The Balaban J connectivity index is 3.23. The van der Waals surface area contributed by atoms with Gasteiger partial charge in [-0.2, -0.15) is 0 Å². The number of esters is 1. The fourth-order valence-corrected chi connectivity index (χ4v) is 2.14. The largest absolute Gasteiger partial charge is 0.465 e. The van der Waals surface area contributed by atoms with Crippen molar-refractivity contribution in [2.24, 2.45) is 5.73 Å². The molecule has 0 saturated heterocycles. The predicted molar refractivity (Wildman–Crippen MR) is 70.1 cm³/mol. The lowest BCUT2D eigenvalue weighted by Gasteiger charge is -2.30. The molecule has 0 amide bonds. The van der Waals surface area contributed by atoms with Crippen molar-refractivity contribution in [1.82, 2.24) is 0 Å². The van der Waals surface area contributed by atoms with Gasteiger partial charge in [-0.05, 0) is 25.8 Å². The van der Waals surface area contributed by atoms with Crippen molar-refractivity contribution in [3.63, 3.8) is 0 Å². The van der Waals surface area contributed by atoms with Gasteiger partial charge in [-0.3, -0.25) is 4.79 Å². The lowest BCUT2D eigenvalue weighted by molar-refractivity contribution is -0.150. The summed E-state index contributed by atoms with van der Waals surface area (Å²) in [7, 11) is 0. The lowest BCUT2D eigenvalue weighted by atomic mass is 9.76. The van der Waals surface area contributed by atoms with E-state index in [1.807, 2.05) is 0 Å². The fraction of sp³-hybridized carbons (Fsp3) is 0.500. The van der Waals surface area contributed by atoms with Gasteiger partial charge in [0.1, 0.15) is 11.2 Å². The van der Waals surface area contributed by atoms with Crippen molar-refractivity contribution in [3.05, 3.63) is 35.6 Å². The molecule has 19 heavy (non-hydrogen) atoms. The first kappa shape index (κ1) is 15.6. The number of nitrogens with two attached hydrogens (primary N) is 1. The Bertz CT molecular complexity index is 425. The molecule has 4 nitrogen and oxygen atoms in total. The molecule has 0 aromatic heterocycles. The summed E-state index contributed by atoms with van der Waals surface area (Å²) in [4.78, 5) is 12.2. The van der Waals surface area contributed by atoms with Crippen LogP contribution in [0.5, 0.6) is 0 Å². The summed E-state index contributed by atoms with van der Waals surface area (Å²) in [5, 5.41) is 8.97. The van der Waals surface area contributed by atoms with Gasteiger partial charge in [0.2, 0.25) is 0 Å². The summed E-state index contributed by atoms with van der Waals surface area (Å²) in [6.45, 7) is 1.74. The van der Waals surface area contributed by atoms with Crippen molar-refractivity contribution in [3.8, 4) is 0 Å². The van der Waals surface area contributed by atoms with Crippen LogP contribution >= 0.6 is 0 Å². The molecule has 5 heteroatoms. The van der Waals surface area contributed by atoms with Gasteiger partial charge < -0.3 is 15.6 Å². The normalized spacial score (nSPS) is 13.9. The van der Waals surface area contributed by atoms with E-state index < -0.39 is 17.2 Å². The molecule has 0 bridgehead atoms. The van der Waals surface area contributed by atoms with Crippen LogP contribution in [0, 0.1) is 5.82 Å². The first-order valence-corrected chi connectivity index (χ1v) is 6.35. The zero-order chi connectivity index (χ0) is 14.3. The van der Waals surface area contributed by atoms with Crippen molar-refractivity contribution in [2.45, 2.75) is 25.2 Å². The monoisotopic (exact) mass is 269 g/mol. The highest BCUT2D eigenvalue weighted by Gasteiger charge is 2.41. The van der Waals surface area contributed by atoms with E-state index in [1.165, 1.54) is 12.1 Å². The van der Waals surface area contributed by atoms with E-state index in [-0.39, 0.29) is 31.7 Å². The van der Waals surface area contributed by atoms with Crippen LogP contribution in [0.2, 0.25) is 0 Å². The topological polar surface area (TPSA) is 72.5 Å². The Labute approximate surface area is 112 Å². The molecule has 1 rings (SSSR count). The number of hydrogen-bond acceptors (Lipinski definition) is 4. The average Bonchev–Trinajstić information content (AvgIpc) is 2.42. The Hall–Kier alpha value is -1.46. The van der Waals surface area contributed by atoms with Crippen LogP contribution in [0.25, 0.3) is 0 Å². The van der Waals surface area contributed by atoms with Gasteiger partial charge in [0, 0.05) is 18.7 Å². The van der Waals surface area contributed by atoms with Crippen molar-refractivity contribution < 1.29 is 19.0 Å². The van der Waals surface area contributed by atoms with Crippen LogP contribution in [0.15, 0.2) is 24.3 Å². The first-order chi connectivity index (χ1) is 9.12. The zero-order valence-electron chi connectivity index (χ0n) is 11.1. The molecule has 0 radical (unpaired) electrons. The van der Waals surface area contributed by atoms with E-state index in [0.29, 0.717) is 6.42 Å². The molecule has 0 heterocycles. The molecule has 0 aliphatic carbocycles. The van der Waals surface area contributed by atoms with Crippen molar-refractivity contribution in [2.75, 3.05) is 19.8 Å². The number of ether oxygens (including phenoxy) is 1. The van der Waals surface area contributed by atoms with Gasteiger partial charge in [-0.15, -0.1) is 0 Å². The van der Waals surface area contributed by atoms with Gasteiger partial charge in [0.25, 0.3) is 0 Å². The molecular formula is C14H20FNO3. The van der Waals surface area contributed by atoms with Crippen molar-refractivity contribution in [1.29, 1.82) is 0 Å². The Morgan fingerprint density at radius 3 is 2.68 bits per heavy atom. The van der Waals surface area contributed by atoms with E-state index in [1.54, 1.807) is 19.1 Å². The Kier molecular flexibility index (Phi) is 5.92. The van der Waals surface area contributed by atoms with E-state index in [0.717, 1.165) is 0 Å². The summed E-state index contributed by atoms with van der Waals surface area (Å²) in [6.07, 6.45) is 0.601. The summed E-state index contributed by atoms with van der Waals surface area (Å²) < 4.78 is 19.0. The molecule has 0 saturated carbocycles. The van der Waals surface area contributed by atoms with Crippen LogP contribution in [0.4, 0.5) is 4.39 Å². The molecule has 0 aliphatic heterocycles. The summed E-state index contributed by atoms with van der Waals surface area (Å²) in [6, 6.07) is 6.03. The highest BCUT2D eigenvalue weighted by molar-refractivity contribution is 5.83. The third-order valence-electron chi connectivity index (χ3n) is 3.17. The molecule has 0 fully saturated rings. The number of carbonyl (C=O) groups excluding carboxylic acids is 1. The van der Waals surface area contributed by atoms with Gasteiger partial charge >= 0.3 is 5.97 Å².